The van der Waals surface area contributed by atoms with Crippen molar-refractivity contribution in [2.45, 2.75) is 38.2 Å². The van der Waals surface area contributed by atoms with Gasteiger partial charge in [0.25, 0.3) is 0 Å². The topological polar surface area (TPSA) is 96.9 Å². The highest BCUT2D eigenvalue weighted by Gasteiger charge is 2.23. The maximum atomic E-state index is 12.4. The lowest BCUT2D eigenvalue weighted by Crippen LogP contribution is -2.40. The van der Waals surface area contributed by atoms with E-state index in [1.165, 1.54) is 0 Å². The Hall–Kier alpha value is -3.84. The minimum atomic E-state index is -0.921. The molecular formula is C27H30N2O5. The molecule has 7 heteroatoms. The molecule has 3 N–H and O–H groups in total. The van der Waals surface area contributed by atoms with Gasteiger partial charge in [0.2, 0.25) is 0 Å². The normalized spacial score (nSPS) is 12.3. The molecule has 3 rings (SSSR count). The van der Waals surface area contributed by atoms with Crippen LogP contribution >= 0.6 is 0 Å². The number of nitrogens with one attached hydrogen (secondary N) is 2. The number of aliphatic hydroxyl groups excluding tert-OH is 1. The number of rotatable bonds is 11. The second-order valence-electron chi connectivity index (χ2n) is 7.80. The monoisotopic (exact) mass is 462 g/mol. The number of carbonyl (C=O) groups excluding carboxylic acids is 2. The fourth-order valence-electron chi connectivity index (χ4n) is 3.39. The molecule has 0 saturated heterocycles. The van der Waals surface area contributed by atoms with Crippen molar-refractivity contribution in [3.63, 3.8) is 0 Å². The molecule has 1 unspecified atom stereocenters. The van der Waals surface area contributed by atoms with E-state index >= 15 is 0 Å². The summed E-state index contributed by atoms with van der Waals surface area (Å²) in [5.41, 5.74) is 2.46. The Morgan fingerprint density at radius 2 is 1.24 bits per heavy atom. The summed E-state index contributed by atoms with van der Waals surface area (Å²) in [4.78, 5) is 24.3. The van der Waals surface area contributed by atoms with Crippen molar-refractivity contribution in [1.82, 2.24) is 10.6 Å². The molecule has 2 amide bonds. The van der Waals surface area contributed by atoms with Crippen molar-refractivity contribution in [1.29, 1.82) is 0 Å². The van der Waals surface area contributed by atoms with E-state index in [-0.39, 0.29) is 13.2 Å². The number of benzene rings is 3. The molecule has 0 aromatic heterocycles. The van der Waals surface area contributed by atoms with Gasteiger partial charge in [0.1, 0.15) is 13.2 Å². The number of hydrogen-bond acceptors (Lipinski definition) is 5. The molecule has 3 aromatic rings. The van der Waals surface area contributed by atoms with E-state index < -0.39 is 24.3 Å². The van der Waals surface area contributed by atoms with Crippen LogP contribution in [-0.4, -0.2) is 29.9 Å². The third-order valence-electron chi connectivity index (χ3n) is 5.21. The largest absolute Gasteiger partial charge is 0.445 e. The van der Waals surface area contributed by atoms with Gasteiger partial charge in [0, 0.05) is 6.54 Å². The van der Waals surface area contributed by atoms with Crippen LogP contribution in [0.2, 0.25) is 0 Å². The molecule has 0 aliphatic rings. The highest BCUT2D eigenvalue weighted by atomic mass is 16.6. The first-order valence-corrected chi connectivity index (χ1v) is 11.3. The molecule has 7 nitrogen and oxygen atoms in total. The lowest BCUT2D eigenvalue weighted by molar-refractivity contribution is 0.0976. The summed E-state index contributed by atoms with van der Waals surface area (Å²) in [5.74, 6) is 0. The Bertz CT molecular complexity index is 999. The van der Waals surface area contributed by atoms with Gasteiger partial charge in [-0.3, -0.25) is 0 Å². The summed E-state index contributed by atoms with van der Waals surface area (Å²) in [6, 6.07) is 27.3. The van der Waals surface area contributed by atoms with Crippen LogP contribution in [0.5, 0.6) is 0 Å². The molecular weight excluding hydrogens is 432 g/mol. The van der Waals surface area contributed by atoms with E-state index in [0.717, 1.165) is 11.1 Å². The average Bonchev–Trinajstić information content (AvgIpc) is 2.89. The molecule has 0 spiro atoms. The number of alkyl carbamates (subject to hydrolysis) is 2. The van der Waals surface area contributed by atoms with Crippen LogP contribution in [0.3, 0.4) is 0 Å². The fraction of sp³-hybridized carbons (Fsp3) is 0.259. The first-order valence-electron chi connectivity index (χ1n) is 11.3. The summed E-state index contributed by atoms with van der Waals surface area (Å²) >= 11 is 0. The Morgan fingerprint density at radius 1 is 0.735 bits per heavy atom. The predicted molar refractivity (Wildman–Crippen MR) is 129 cm³/mol. The molecule has 178 valence electrons. The lowest BCUT2D eigenvalue weighted by atomic mass is 9.98. The number of amides is 2. The lowest BCUT2D eigenvalue weighted by Gasteiger charge is -2.24. The maximum Gasteiger partial charge on any atom is 0.407 e. The van der Waals surface area contributed by atoms with Crippen molar-refractivity contribution in [2.24, 2.45) is 0 Å². The van der Waals surface area contributed by atoms with E-state index in [1.807, 2.05) is 78.9 Å². The number of ether oxygens (including phenoxy) is 2. The van der Waals surface area contributed by atoms with Crippen LogP contribution < -0.4 is 10.6 Å². The van der Waals surface area contributed by atoms with Crippen LogP contribution in [0.15, 0.2) is 91.0 Å². The van der Waals surface area contributed by atoms with Gasteiger partial charge in [-0.25, -0.2) is 9.59 Å². The SMILES string of the molecule is O=C(NCCC[C@H](NC(=O)OCc1ccccc1)C(O)c1ccccc1)OCc1ccccc1. The van der Waals surface area contributed by atoms with Gasteiger partial charge in [-0.2, -0.15) is 0 Å². The highest BCUT2D eigenvalue weighted by molar-refractivity contribution is 5.68. The number of hydrogen-bond donors (Lipinski definition) is 3. The second-order valence-corrected chi connectivity index (χ2v) is 7.80. The molecule has 0 aliphatic carbocycles. The molecule has 0 heterocycles. The van der Waals surface area contributed by atoms with Gasteiger partial charge in [-0.05, 0) is 29.5 Å². The van der Waals surface area contributed by atoms with Crippen molar-refractivity contribution in [3.05, 3.63) is 108 Å². The van der Waals surface area contributed by atoms with Gasteiger partial charge < -0.3 is 25.2 Å². The maximum absolute atomic E-state index is 12.4. The summed E-state index contributed by atoms with van der Waals surface area (Å²) in [6.07, 6.45) is -1.10. The van der Waals surface area contributed by atoms with Crippen molar-refractivity contribution in [3.8, 4) is 0 Å². The van der Waals surface area contributed by atoms with E-state index in [9.17, 15) is 14.7 Å². The van der Waals surface area contributed by atoms with Crippen LogP contribution in [0, 0.1) is 0 Å². The van der Waals surface area contributed by atoms with Crippen molar-refractivity contribution >= 4 is 12.2 Å². The Balaban J connectivity index is 1.47. The van der Waals surface area contributed by atoms with Gasteiger partial charge in [0.05, 0.1) is 12.1 Å². The first kappa shape index (κ1) is 24.8. The zero-order valence-electron chi connectivity index (χ0n) is 18.9. The van der Waals surface area contributed by atoms with Crippen LogP contribution in [0.25, 0.3) is 0 Å². The van der Waals surface area contributed by atoms with Crippen LogP contribution in [0.4, 0.5) is 9.59 Å². The molecule has 0 aliphatic heterocycles. The summed E-state index contributed by atoms with van der Waals surface area (Å²) in [5, 5.41) is 16.3. The van der Waals surface area contributed by atoms with Gasteiger partial charge in [-0.1, -0.05) is 91.0 Å². The van der Waals surface area contributed by atoms with E-state index in [4.69, 9.17) is 9.47 Å². The molecule has 34 heavy (non-hydrogen) atoms. The smallest absolute Gasteiger partial charge is 0.407 e. The molecule has 0 radical (unpaired) electrons. The quantitative estimate of drug-likeness (QED) is 0.358. The molecule has 3 aromatic carbocycles. The van der Waals surface area contributed by atoms with Gasteiger partial charge in [-0.15, -0.1) is 0 Å². The molecule has 2 atom stereocenters. The van der Waals surface area contributed by atoms with E-state index in [0.29, 0.717) is 24.9 Å². The zero-order chi connectivity index (χ0) is 24.0. The van der Waals surface area contributed by atoms with Crippen LogP contribution in [0.1, 0.15) is 35.6 Å². The Labute approximate surface area is 199 Å². The summed E-state index contributed by atoms with van der Waals surface area (Å²) in [6.45, 7) is 0.666. The third kappa shape index (κ3) is 8.60. The van der Waals surface area contributed by atoms with Crippen molar-refractivity contribution in [2.75, 3.05) is 6.54 Å². The van der Waals surface area contributed by atoms with E-state index in [1.54, 1.807) is 12.1 Å². The minimum Gasteiger partial charge on any atom is -0.445 e. The summed E-state index contributed by atoms with van der Waals surface area (Å²) < 4.78 is 10.5. The second kappa shape index (κ2) is 13.6. The number of aliphatic hydroxyl groups is 1. The Morgan fingerprint density at radius 3 is 1.79 bits per heavy atom. The predicted octanol–water partition coefficient (Wildman–Crippen LogP) is 4.72. The molecule has 0 fully saturated rings. The standard InChI is InChI=1S/C27H30N2O5/c30-25(23-15-8-3-9-16-23)24(29-27(32)34-20-22-13-6-2-7-14-22)17-10-18-28-26(31)33-19-21-11-4-1-5-12-21/h1-9,11-16,24-25,30H,10,17-20H2,(H,28,31)(H,29,32)/t24-,25?/m0/s1. The Kier molecular flexibility index (Phi) is 9.95. The van der Waals surface area contributed by atoms with E-state index in [2.05, 4.69) is 10.6 Å². The zero-order valence-corrected chi connectivity index (χ0v) is 18.9. The first-order chi connectivity index (χ1) is 16.6. The van der Waals surface area contributed by atoms with Gasteiger partial charge >= 0.3 is 12.2 Å². The van der Waals surface area contributed by atoms with Crippen molar-refractivity contribution < 1.29 is 24.2 Å². The fourth-order valence-corrected chi connectivity index (χ4v) is 3.39. The molecule has 0 bridgehead atoms. The minimum absolute atomic E-state index is 0.135. The highest BCUT2D eigenvalue weighted by Crippen LogP contribution is 2.20. The average molecular weight is 463 g/mol. The molecule has 0 saturated carbocycles. The summed E-state index contributed by atoms with van der Waals surface area (Å²) in [7, 11) is 0. The van der Waals surface area contributed by atoms with Crippen LogP contribution in [-0.2, 0) is 22.7 Å². The third-order valence-corrected chi connectivity index (χ3v) is 5.21. The number of carbonyl (C=O) groups is 2. The van der Waals surface area contributed by atoms with Gasteiger partial charge in [0.15, 0.2) is 0 Å².